The minimum atomic E-state index is -0.668. The second-order valence-electron chi connectivity index (χ2n) is 8.67. The Kier molecular flexibility index (Phi) is 6.48. The number of rotatable bonds is 6. The fourth-order valence-electron chi connectivity index (χ4n) is 3.94. The zero-order valence-corrected chi connectivity index (χ0v) is 18.8. The van der Waals surface area contributed by atoms with Gasteiger partial charge in [0.05, 0.1) is 18.2 Å². The predicted octanol–water partition coefficient (Wildman–Crippen LogP) is 4.61. The van der Waals surface area contributed by atoms with Crippen molar-refractivity contribution in [3.05, 3.63) is 65.0 Å². The van der Waals surface area contributed by atoms with Crippen molar-refractivity contribution in [1.29, 1.82) is 0 Å². The summed E-state index contributed by atoms with van der Waals surface area (Å²) in [6, 6.07) is 8.27. The van der Waals surface area contributed by atoms with E-state index in [0.717, 1.165) is 16.9 Å². The number of amides is 1. The van der Waals surface area contributed by atoms with E-state index in [9.17, 15) is 14.7 Å². The highest BCUT2D eigenvalue weighted by atomic mass is 16.5. The standard InChI is InChI=1S/C25H30N2O4/c1-6-14-27-21(16-10-12-26-13-11-16)20(23(29)24(27)30)22(28)17-8-9-19(31-7-2)18(15-17)25(3,4)5/h8-13,15,21,28H,6-7,14H2,1-5H3/b22-20-. The van der Waals surface area contributed by atoms with Crippen LogP contribution in [0.5, 0.6) is 5.75 Å². The normalized spacial score (nSPS) is 18.5. The van der Waals surface area contributed by atoms with Crippen molar-refractivity contribution >= 4 is 17.4 Å². The maximum Gasteiger partial charge on any atom is 0.295 e. The molecule has 0 bridgehead atoms. The van der Waals surface area contributed by atoms with E-state index in [-0.39, 0.29) is 16.7 Å². The van der Waals surface area contributed by atoms with Crippen LogP contribution in [0.25, 0.3) is 5.76 Å². The van der Waals surface area contributed by atoms with Gasteiger partial charge < -0.3 is 14.7 Å². The average molecular weight is 423 g/mol. The van der Waals surface area contributed by atoms with Crippen molar-refractivity contribution in [3.63, 3.8) is 0 Å². The molecule has 1 atom stereocenters. The van der Waals surface area contributed by atoms with E-state index in [1.54, 1.807) is 30.6 Å². The molecule has 2 heterocycles. The largest absolute Gasteiger partial charge is 0.507 e. The number of aromatic nitrogens is 1. The van der Waals surface area contributed by atoms with E-state index in [4.69, 9.17) is 4.74 Å². The third kappa shape index (κ3) is 4.33. The lowest BCUT2D eigenvalue weighted by molar-refractivity contribution is -0.139. The number of Topliss-reactive ketones (excluding diaryl/α,β-unsaturated/α-hetero) is 1. The Morgan fingerprint density at radius 3 is 2.39 bits per heavy atom. The lowest BCUT2D eigenvalue weighted by Gasteiger charge is -2.25. The molecule has 1 unspecified atom stereocenters. The topological polar surface area (TPSA) is 79.7 Å². The highest BCUT2D eigenvalue weighted by Gasteiger charge is 2.45. The summed E-state index contributed by atoms with van der Waals surface area (Å²) in [5, 5.41) is 11.3. The summed E-state index contributed by atoms with van der Waals surface area (Å²) < 4.78 is 5.77. The number of carbonyl (C=O) groups is 2. The molecule has 1 N–H and O–H groups in total. The summed E-state index contributed by atoms with van der Waals surface area (Å²) in [6.45, 7) is 11.0. The van der Waals surface area contributed by atoms with Crippen LogP contribution in [0.3, 0.4) is 0 Å². The highest BCUT2D eigenvalue weighted by molar-refractivity contribution is 6.46. The summed E-state index contributed by atoms with van der Waals surface area (Å²) in [7, 11) is 0. The first-order valence-electron chi connectivity index (χ1n) is 10.7. The van der Waals surface area contributed by atoms with Crippen LogP contribution in [-0.2, 0) is 15.0 Å². The van der Waals surface area contributed by atoms with Crippen molar-refractivity contribution in [2.75, 3.05) is 13.2 Å². The summed E-state index contributed by atoms with van der Waals surface area (Å²) >= 11 is 0. The molecule has 31 heavy (non-hydrogen) atoms. The summed E-state index contributed by atoms with van der Waals surface area (Å²) in [5.74, 6) is -0.692. The molecule has 0 radical (unpaired) electrons. The van der Waals surface area contributed by atoms with Crippen LogP contribution in [0, 0.1) is 0 Å². The van der Waals surface area contributed by atoms with Crippen molar-refractivity contribution in [2.24, 2.45) is 0 Å². The van der Waals surface area contributed by atoms with E-state index in [2.05, 4.69) is 25.8 Å². The van der Waals surface area contributed by atoms with Crippen molar-refractivity contribution < 1.29 is 19.4 Å². The molecular formula is C25H30N2O4. The average Bonchev–Trinajstić information content (AvgIpc) is 2.99. The van der Waals surface area contributed by atoms with Crippen molar-refractivity contribution in [1.82, 2.24) is 9.88 Å². The molecule has 1 aromatic carbocycles. The number of carbonyl (C=O) groups excluding carboxylic acids is 2. The Morgan fingerprint density at radius 2 is 1.81 bits per heavy atom. The third-order valence-corrected chi connectivity index (χ3v) is 5.39. The number of hydrogen-bond donors (Lipinski definition) is 1. The SMILES string of the molecule is CCCN1C(=O)C(=O)/C(=C(\O)c2ccc(OCC)c(C(C)(C)C)c2)C1c1ccncc1. The molecule has 1 saturated heterocycles. The Morgan fingerprint density at radius 1 is 1.13 bits per heavy atom. The van der Waals surface area contributed by atoms with Crippen molar-refractivity contribution in [2.45, 2.75) is 52.5 Å². The van der Waals surface area contributed by atoms with Gasteiger partial charge in [0.2, 0.25) is 0 Å². The fourth-order valence-corrected chi connectivity index (χ4v) is 3.94. The zero-order valence-electron chi connectivity index (χ0n) is 18.8. The maximum atomic E-state index is 13.0. The molecule has 1 aliphatic rings. The van der Waals surface area contributed by atoms with Crippen LogP contribution in [0.2, 0.25) is 0 Å². The van der Waals surface area contributed by atoms with Crippen LogP contribution >= 0.6 is 0 Å². The number of hydrogen-bond acceptors (Lipinski definition) is 5. The highest BCUT2D eigenvalue weighted by Crippen LogP contribution is 2.40. The molecular weight excluding hydrogens is 392 g/mol. The molecule has 0 aliphatic carbocycles. The first-order chi connectivity index (χ1) is 14.7. The first-order valence-corrected chi connectivity index (χ1v) is 10.7. The molecule has 1 aromatic heterocycles. The first kappa shape index (κ1) is 22.5. The van der Waals surface area contributed by atoms with E-state index in [1.165, 1.54) is 4.90 Å². The van der Waals surface area contributed by atoms with Gasteiger partial charge in [0.25, 0.3) is 11.7 Å². The van der Waals surface area contributed by atoms with Gasteiger partial charge in [0, 0.05) is 30.1 Å². The summed E-state index contributed by atoms with van der Waals surface area (Å²) in [5.41, 5.74) is 2.02. The molecule has 1 amide bonds. The second kappa shape index (κ2) is 8.92. The van der Waals surface area contributed by atoms with Gasteiger partial charge in [0.15, 0.2) is 0 Å². The number of pyridine rings is 1. The molecule has 6 heteroatoms. The predicted molar refractivity (Wildman–Crippen MR) is 120 cm³/mol. The molecule has 6 nitrogen and oxygen atoms in total. The monoisotopic (exact) mass is 422 g/mol. The molecule has 164 valence electrons. The van der Waals surface area contributed by atoms with Crippen LogP contribution in [0.4, 0.5) is 0 Å². The van der Waals surface area contributed by atoms with Crippen LogP contribution < -0.4 is 4.74 Å². The number of aliphatic hydroxyl groups excluding tert-OH is 1. The van der Waals surface area contributed by atoms with Gasteiger partial charge in [-0.3, -0.25) is 14.6 Å². The van der Waals surface area contributed by atoms with Gasteiger partial charge in [-0.2, -0.15) is 0 Å². The van der Waals surface area contributed by atoms with Gasteiger partial charge in [-0.25, -0.2) is 0 Å². The zero-order chi connectivity index (χ0) is 22.8. The van der Waals surface area contributed by atoms with E-state index in [1.807, 2.05) is 26.0 Å². The summed E-state index contributed by atoms with van der Waals surface area (Å²) in [4.78, 5) is 31.3. The van der Waals surface area contributed by atoms with Gasteiger partial charge in [-0.05, 0) is 54.7 Å². The molecule has 3 rings (SSSR count). The fraction of sp³-hybridized carbons (Fsp3) is 0.400. The number of aliphatic hydroxyl groups is 1. The second-order valence-corrected chi connectivity index (χ2v) is 8.67. The molecule has 1 fully saturated rings. The molecule has 0 spiro atoms. The molecule has 1 aliphatic heterocycles. The third-order valence-electron chi connectivity index (χ3n) is 5.39. The van der Waals surface area contributed by atoms with Gasteiger partial charge >= 0.3 is 0 Å². The number of benzene rings is 1. The van der Waals surface area contributed by atoms with Gasteiger partial charge in [-0.1, -0.05) is 27.7 Å². The minimum Gasteiger partial charge on any atom is -0.507 e. The smallest absolute Gasteiger partial charge is 0.295 e. The Balaban J connectivity index is 2.20. The van der Waals surface area contributed by atoms with E-state index in [0.29, 0.717) is 25.1 Å². The molecule has 0 saturated carbocycles. The Hall–Kier alpha value is -3.15. The lowest BCUT2D eigenvalue weighted by atomic mass is 9.84. The summed E-state index contributed by atoms with van der Waals surface area (Å²) in [6.07, 6.45) is 3.94. The van der Waals surface area contributed by atoms with Gasteiger partial charge in [-0.15, -0.1) is 0 Å². The van der Waals surface area contributed by atoms with E-state index < -0.39 is 17.7 Å². The Bertz CT molecular complexity index is 1010. The van der Waals surface area contributed by atoms with Crippen LogP contribution in [-0.4, -0.2) is 39.8 Å². The number of likely N-dealkylation sites (tertiary alicyclic amines) is 1. The maximum absolute atomic E-state index is 13.0. The lowest BCUT2D eigenvalue weighted by Crippen LogP contribution is -2.30. The quantitative estimate of drug-likeness (QED) is 0.418. The van der Waals surface area contributed by atoms with Crippen molar-refractivity contribution in [3.8, 4) is 5.75 Å². The number of nitrogens with zero attached hydrogens (tertiary/aromatic N) is 2. The van der Waals surface area contributed by atoms with Crippen LogP contribution in [0.1, 0.15) is 63.8 Å². The number of ether oxygens (including phenoxy) is 1. The van der Waals surface area contributed by atoms with E-state index >= 15 is 0 Å². The van der Waals surface area contributed by atoms with Gasteiger partial charge in [0.1, 0.15) is 11.5 Å². The number of ketones is 1. The minimum absolute atomic E-state index is 0.105. The molecule has 2 aromatic rings. The Labute approximate surface area is 183 Å². The van der Waals surface area contributed by atoms with Crippen LogP contribution in [0.15, 0.2) is 48.3 Å².